The van der Waals surface area contributed by atoms with Crippen LogP contribution in [0.4, 0.5) is 0 Å². The van der Waals surface area contributed by atoms with Gasteiger partial charge in [-0.3, -0.25) is 4.79 Å². The molecule has 0 radical (unpaired) electrons. The highest BCUT2D eigenvalue weighted by molar-refractivity contribution is 7.98. The maximum absolute atomic E-state index is 12.3. The zero-order valence-corrected chi connectivity index (χ0v) is 16.4. The highest BCUT2D eigenvalue weighted by atomic mass is 35.5. The van der Waals surface area contributed by atoms with Crippen LogP contribution >= 0.6 is 23.4 Å². The SMILES string of the molecule is CSc1cnc(C(=O)NC2CCC(Oc3ccc(C#N)c(Cl)c3)CC2)cn1. The molecule has 1 aliphatic carbocycles. The van der Waals surface area contributed by atoms with Gasteiger partial charge < -0.3 is 10.1 Å². The van der Waals surface area contributed by atoms with Crippen molar-refractivity contribution in [2.75, 3.05) is 6.26 Å². The van der Waals surface area contributed by atoms with Gasteiger partial charge in [0.05, 0.1) is 29.1 Å². The van der Waals surface area contributed by atoms with Crippen LogP contribution in [0.25, 0.3) is 0 Å². The standard InChI is InChI=1S/C19H19ClN4O2S/c1-27-18-11-22-17(10-23-18)19(25)24-13-3-6-14(7-4-13)26-15-5-2-12(9-21)16(20)8-15/h2,5,8,10-11,13-14H,3-4,6-7H2,1H3,(H,24,25). The number of nitrogens with zero attached hydrogens (tertiary/aromatic N) is 3. The molecule has 0 saturated heterocycles. The molecule has 6 nitrogen and oxygen atoms in total. The van der Waals surface area contributed by atoms with Crippen molar-refractivity contribution < 1.29 is 9.53 Å². The normalized spacial score (nSPS) is 19.1. The van der Waals surface area contributed by atoms with Crippen LogP contribution in [-0.4, -0.2) is 34.3 Å². The summed E-state index contributed by atoms with van der Waals surface area (Å²) in [4.78, 5) is 20.6. The number of rotatable bonds is 5. The number of halogens is 1. The summed E-state index contributed by atoms with van der Waals surface area (Å²) in [6, 6.07) is 7.22. The summed E-state index contributed by atoms with van der Waals surface area (Å²) in [6.07, 6.45) is 8.42. The van der Waals surface area contributed by atoms with E-state index in [4.69, 9.17) is 21.6 Å². The maximum atomic E-state index is 12.3. The lowest BCUT2D eigenvalue weighted by molar-refractivity contribution is 0.0888. The highest BCUT2D eigenvalue weighted by Crippen LogP contribution is 2.27. The molecule has 3 rings (SSSR count). The van der Waals surface area contributed by atoms with Gasteiger partial charge in [0.2, 0.25) is 0 Å². The third-order valence-corrected chi connectivity index (χ3v) is 5.38. The number of ether oxygens (including phenoxy) is 1. The molecule has 0 spiro atoms. The zero-order valence-electron chi connectivity index (χ0n) is 14.8. The maximum Gasteiger partial charge on any atom is 0.271 e. The molecule has 27 heavy (non-hydrogen) atoms. The summed E-state index contributed by atoms with van der Waals surface area (Å²) in [5.41, 5.74) is 0.766. The Labute approximate surface area is 167 Å². The van der Waals surface area contributed by atoms with E-state index in [9.17, 15) is 4.79 Å². The summed E-state index contributed by atoms with van der Waals surface area (Å²) >= 11 is 7.53. The minimum atomic E-state index is -0.196. The molecule has 1 saturated carbocycles. The molecule has 0 atom stereocenters. The number of benzene rings is 1. The van der Waals surface area contributed by atoms with E-state index in [1.54, 1.807) is 24.4 Å². The van der Waals surface area contributed by atoms with Crippen molar-refractivity contribution >= 4 is 29.3 Å². The van der Waals surface area contributed by atoms with Gasteiger partial charge in [0.15, 0.2) is 0 Å². The van der Waals surface area contributed by atoms with E-state index in [0.29, 0.717) is 22.0 Å². The number of amides is 1. The van der Waals surface area contributed by atoms with Crippen LogP contribution in [0.15, 0.2) is 35.6 Å². The van der Waals surface area contributed by atoms with E-state index in [-0.39, 0.29) is 18.1 Å². The molecule has 140 valence electrons. The Morgan fingerprint density at radius 3 is 2.67 bits per heavy atom. The summed E-state index contributed by atoms with van der Waals surface area (Å²) in [6.45, 7) is 0. The molecule has 0 bridgehead atoms. The fourth-order valence-corrected chi connectivity index (χ4v) is 3.50. The summed E-state index contributed by atoms with van der Waals surface area (Å²) in [5, 5.41) is 13.1. The van der Waals surface area contributed by atoms with Gasteiger partial charge in [0, 0.05) is 12.1 Å². The first kappa shape index (κ1) is 19.5. The lowest BCUT2D eigenvalue weighted by Gasteiger charge is -2.29. The molecule has 0 unspecified atom stereocenters. The average Bonchev–Trinajstić information content (AvgIpc) is 2.69. The van der Waals surface area contributed by atoms with E-state index in [0.717, 1.165) is 30.7 Å². The van der Waals surface area contributed by atoms with Gasteiger partial charge in [-0.25, -0.2) is 9.97 Å². The molecule has 8 heteroatoms. The summed E-state index contributed by atoms with van der Waals surface area (Å²) < 4.78 is 5.97. The van der Waals surface area contributed by atoms with Gasteiger partial charge in [-0.15, -0.1) is 11.8 Å². The molecule has 1 aromatic heterocycles. The molecular weight excluding hydrogens is 384 g/mol. The van der Waals surface area contributed by atoms with Crippen LogP contribution in [-0.2, 0) is 0 Å². The third-order valence-electron chi connectivity index (χ3n) is 4.44. The Hall–Kier alpha value is -2.30. The van der Waals surface area contributed by atoms with Crippen LogP contribution in [0.5, 0.6) is 5.75 Å². The van der Waals surface area contributed by atoms with Crippen molar-refractivity contribution in [3.63, 3.8) is 0 Å². The van der Waals surface area contributed by atoms with E-state index in [1.807, 2.05) is 12.3 Å². The second kappa shape index (κ2) is 9.07. The third kappa shape index (κ3) is 5.12. The number of thioether (sulfide) groups is 1. The Morgan fingerprint density at radius 1 is 1.30 bits per heavy atom. The Kier molecular flexibility index (Phi) is 6.54. The monoisotopic (exact) mass is 402 g/mol. The lowest BCUT2D eigenvalue weighted by atomic mass is 9.93. The predicted octanol–water partition coefficient (Wildman–Crippen LogP) is 3.84. The second-order valence-electron chi connectivity index (χ2n) is 6.26. The topological polar surface area (TPSA) is 87.9 Å². The van der Waals surface area contributed by atoms with Crippen LogP contribution in [0.1, 0.15) is 41.7 Å². The lowest BCUT2D eigenvalue weighted by Crippen LogP contribution is -2.40. The summed E-state index contributed by atoms with van der Waals surface area (Å²) in [7, 11) is 0. The van der Waals surface area contributed by atoms with E-state index < -0.39 is 0 Å². The number of carbonyl (C=O) groups is 1. The van der Waals surface area contributed by atoms with Crippen molar-refractivity contribution in [3.05, 3.63) is 46.9 Å². The fourth-order valence-electron chi connectivity index (χ4n) is 2.98. The first-order valence-electron chi connectivity index (χ1n) is 8.62. The van der Waals surface area contributed by atoms with E-state index in [2.05, 4.69) is 15.3 Å². The number of carbonyl (C=O) groups excluding carboxylic acids is 1. The predicted molar refractivity (Wildman–Crippen MR) is 104 cm³/mol. The minimum Gasteiger partial charge on any atom is -0.490 e. The summed E-state index contributed by atoms with van der Waals surface area (Å²) in [5.74, 6) is 0.467. The van der Waals surface area contributed by atoms with Crippen molar-refractivity contribution in [1.82, 2.24) is 15.3 Å². The molecule has 2 aromatic rings. The largest absolute Gasteiger partial charge is 0.490 e. The van der Waals surface area contributed by atoms with Gasteiger partial charge in [0.25, 0.3) is 5.91 Å². The van der Waals surface area contributed by atoms with Crippen LogP contribution < -0.4 is 10.1 Å². The zero-order chi connectivity index (χ0) is 19.2. The quantitative estimate of drug-likeness (QED) is 0.764. The fraction of sp³-hybridized carbons (Fsp3) is 0.368. The molecule has 1 N–H and O–H groups in total. The molecular formula is C19H19ClN4O2S. The number of hydrogen-bond acceptors (Lipinski definition) is 6. The molecule has 1 amide bonds. The van der Waals surface area contributed by atoms with Gasteiger partial charge in [-0.2, -0.15) is 5.26 Å². The smallest absolute Gasteiger partial charge is 0.271 e. The number of nitrogens with one attached hydrogen (secondary N) is 1. The van der Waals surface area contributed by atoms with Gasteiger partial charge >= 0.3 is 0 Å². The number of hydrogen-bond donors (Lipinski definition) is 1. The van der Waals surface area contributed by atoms with Crippen LogP contribution in [0.3, 0.4) is 0 Å². The highest BCUT2D eigenvalue weighted by Gasteiger charge is 2.24. The van der Waals surface area contributed by atoms with Crippen molar-refractivity contribution in [3.8, 4) is 11.8 Å². The van der Waals surface area contributed by atoms with Gasteiger partial charge in [0.1, 0.15) is 22.5 Å². The van der Waals surface area contributed by atoms with Gasteiger partial charge in [-0.1, -0.05) is 11.6 Å². The Bertz CT molecular complexity index is 846. The number of nitriles is 1. The van der Waals surface area contributed by atoms with Crippen molar-refractivity contribution in [2.24, 2.45) is 0 Å². The minimum absolute atomic E-state index is 0.0720. The molecule has 1 aliphatic rings. The van der Waals surface area contributed by atoms with E-state index in [1.165, 1.54) is 18.0 Å². The molecule has 1 heterocycles. The van der Waals surface area contributed by atoms with Crippen LogP contribution in [0.2, 0.25) is 5.02 Å². The Balaban J connectivity index is 1.49. The first-order valence-corrected chi connectivity index (χ1v) is 10.2. The van der Waals surface area contributed by atoms with Crippen LogP contribution in [0, 0.1) is 11.3 Å². The first-order chi connectivity index (χ1) is 13.1. The molecule has 1 fully saturated rings. The molecule has 0 aliphatic heterocycles. The Morgan fingerprint density at radius 2 is 2.07 bits per heavy atom. The number of aromatic nitrogens is 2. The van der Waals surface area contributed by atoms with Crippen molar-refractivity contribution in [2.45, 2.75) is 42.9 Å². The second-order valence-corrected chi connectivity index (χ2v) is 7.50. The van der Waals surface area contributed by atoms with Crippen molar-refractivity contribution in [1.29, 1.82) is 5.26 Å². The van der Waals surface area contributed by atoms with Gasteiger partial charge in [-0.05, 0) is 44.1 Å². The molecule has 1 aromatic carbocycles. The average molecular weight is 403 g/mol. The van der Waals surface area contributed by atoms with E-state index >= 15 is 0 Å².